The number of nitro benzene ring substituents is 2. The van der Waals surface area contributed by atoms with Crippen LogP contribution in [-0.2, 0) is 14.3 Å². The third-order valence-electron chi connectivity index (χ3n) is 4.01. The SMILES string of the molecule is O=C(/C=C/c1ccc([N+](=O)[O-])cc1)Oc1ccc(C2OCCCO2)cc1[N+](=O)[O-]. The molecule has 1 heterocycles. The fourth-order valence-electron chi connectivity index (χ4n) is 2.60. The van der Waals surface area contributed by atoms with E-state index in [0.717, 1.165) is 12.5 Å². The van der Waals surface area contributed by atoms with Crippen molar-refractivity contribution in [2.45, 2.75) is 12.7 Å². The molecule has 150 valence electrons. The van der Waals surface area contributed by atoms with E-state index in [-0.39, 0.29) is 11.4 Å². The summed E-state index contributed by atoms with van der Waals surface area (Å²) in [6.07, 6.45) is 2.51. The van der Waals surface area contributed by atoms with Crippen LogP contribution in [0.1, 0.15) is 23.8 Å². The zero-order chi connectivity index (χ0) is 20.8. The first-order chi connectivity index (χ1) is 13.9. The first-order valence-corrected chi connectivity index (χ1v) is 8.60. The minimum Gasteiger partial charge on any atom is -0.416 e. The highest BCUT2D eigenvalue weighted by Gasteiger charge is 2.23. The first-order valence-electron chi connectivity index (χ1n) is 8.60. The van der Waals surface area contributed by atoms with Gasteiger partial charge in [-0.3, -0.25) is 20.2 Å². The van der Waals surface area contributed by atoms with Gasteiger partial charge in [0.05, 0.1) is 23.1 Å². The average Bonchev–Trinajstić information content (AvgIpc) is 2.73. The second-order valence-corrected chi connectivity index (χ2v) is 6.01. The highest BCUT2D eigenvalue weighted by Crippen LogP contribution is 2.33. The lowest BCUT2D eigenvalue weighted by Gasteiger charge is -2.23. The van der Waals surface area contributed by atoms with Crippen LogP contribution in [0.25, 0.3) is 6.08 Å². The van der Waals surface area contributed by atoms with E-state index in [9.17, 15) is 25.0 Å². The van der Waals surface area contributed by atoms with E-state index in [1.54, 1.807) is 0 Å². The number of rotatable bonds is 6. The van der Waals surface area contributed by atoms with Gasteiger partial charge in [0.15, 0.2) is 6.29 Å². The molecule has 0 atom stereocenters. The Kier molecular flexibility index (Phi) is 6.27. The molecule has 0 radical (unpaired) electrons. The van der Waals surface area contributed by atoms with Crippen LogP contribution in [0.3, 0.4) is 0 Å². The standard InChI is InChI=1S/C19H16N2O8/c22-18(9-4-13-2-6-15(7-3-13)20(23)24)29-17-8-5-14(12-16(17)21(25)26)19-27-10-1-11-28-19/h2-9,12,19H,1,10-11H2/b9-4+. The fourth-order valence-corrected chi connectivity index (χ4v) is 2.60. The predicted molar refractivity (Wildman–Crippen MR) is 100 cm³/mol. The Morgan fingerprint density at radius 1 is 1.03 bits per heavy atom. The number of nitrogens with zero attached hydrogens (tertiary/aromatic N) is 2. The molecule has 0 aliphatic carbocycles. The van der Waals surface area contributed by atoms with E-state index >= 15 is 0 Å². The molecule has 3 rings (SSSR count). The molecule has 0 N–H and O–H groups in total. The number of carbonyl (C=O) groups excluding carboxylic acids is 1. The number of ether oxygens (including phenoxy) is 3. The van der Waals surface area contributed by atoms with Crippen LogP contribution >= 0.6 is 0 Å². The topological polar surface area (TPSA) is 131 Å². The van der Waals surface area contributed by atoms with Crippen LogP contribution in [0.15, 0.2) is 48.5 Å². The second kappa shape index (κ2) is 9.04. The Hall–Kier alpha value is -3.63. The Bertz CT molecular complexity index is 949. The molecule has 0 spiro atoms. The average molecular weight is 400 g/mol. The van der Waals surface area contributed by atoms with Gasteiger partial charge in [-0.1, -0.05) is 0 Å². The molecule has 2 aromatic carbocycles. The molecular weight excluding hydrogens is 384 g/mol. The van der Waals surface area contributed by atoms with Gasteiger partial charge in [-0.05, 0) is 42.3 Å². The van der Waals surface area contributed by atoms with Crippen LogP contribution in [0.5, 0.6) is 5.75 Å². The lowest BCUT2D eigenvalue weighted by atomic mass is 10.1. The van der Waals surface area contributed by atoms with Crippen molar-refractivity contribution in [2.24, 2.45) is 0 Å². The lowest BCUT2D eigenvalue weighted by Crippen LogP contribution is -2.18. The lowest BCUT2D eigenvalue weighted by molar-refractivity contribution is -0.385. The Morgan fingerprint density at radius 3 is 2.34 bits per heavy atom. The van der Waals surface area contributed by atoms with Gasteiger partial charge in [0.2, 0.25) is 5.75 Å². The Morgan fingerprint density at radius 2 is 1.72 bits per heavy atom. The van der Waals surface area contributed by atoms with E-state index in [1.807, 2.05) is 0 Å². The van der Waals surface area contributed by atoms with Gasteiger partial charge in [0.1, 0.15) is 0 Å². The number of benzene rings is 2. The highest BCUT2D eigenvalue weighted by molar-refractivity contribution is 5.89. The predicted octanol–water partition coefficient (Wildman–Crippen LogP) is 3.56. The summed E-state index contributed by atoms with van der Waals surface area (Å²) < 4.78 is 15.9. The second-order valence-electron chi connectivity index (χ2n) is 6.01. The summed E-state index contributed by atoms with van der Waals surface area (Å²) in [5.41, 5.74) is 0.519. The van der Waals surface area contributed by atoms with Crippen molar-refractivity contribution in [3.8, 4) is 5.75 Å². The van der Waals surface area contributed by atoms with Gasteiger partial charge in [0.25, 0.3) is 5.69 Å². The third kappa shape index (κ3) is 5.21. The van der Waals surface area contributed by atoms with E-state index in [1.165, 1.54) is 48.5 Å². The zero-order valence-electron chi connectivity index (χ0n) is 15.1. The van der Waals surface area contributed by atoms with Gasteiger partial charge in [0, 0.05) is 29.8 Å². The largest absolute Gasteiger partial charge is 0.416 e. The molecule has 1 aliphatic heterocycles. The van der Waals surface area contributed by atoms with Crippen LogP contribution in [0.2, 0.25) is 0 Å². The summed E-state index contributed by atoms with van der Waals surface area (Å²) in [4.78, 5) is 32.8. The van der Waals surface area contributed by atoms with Crippen molar-refractivity contribution < 1.29 is 28.9 Å². The van der Waals surface area contributed by atoms with E-state index in [0.29, 0.717) is 24.3 Å². The minimum atomic E-state index is -0.829. The summed E-state index contributed by atoms with van der Waals surface area (Å²) in [5, 5.41) is 22.0. The van der Waals surface area contributed by atoms with E-state index < -0.39 is 27.8 Å². The van der Waals surface area contributed by atoms with Gasteiger partial charge >= 0.3 is 11.7 Å². The van der Waals surface area contributed by atoms with Crippen molar-refractivity contribution >= 4 is 23.4 Å². The number of hydrogen-bond acceptors (Lipinski definition) is 8. The molecule has 0 bridgehead atoms. The van der Waals surface area contributed by atoms with Crippen LogP contribution in [0.4, 0.5) is 11.4 Å². The molecule has 1 saturated heterocycles. The van der Waals surface area contributed by atoms with Crippen molar-refractivity contribution in [3.63, 3.8) is 0 Å². The van der Waals surface area contributed by atoms with Gasteiger partial charge in [-0.15, -0.1) is 0 Å². The normalized spacial score (nSPS) is 14.6. The maximum Gasteiger partial charge on any atom is 0.336 e. The Balaban J connectivity index is 1.71. The molecule has 29 heavy (non-hydrogen) atoms. The van der Waals surface area contributed by atoms with E-state index in [2.05, 4.69) is 0 Å². The molecule has 0 saturated carbocycles. The monoisotopic (exact) mass is 400 g/mol. The van der Waals surface area contributed by atoms with E-state index in [4.69, 9.17) is 14.2 Å². The summed E-state index contributed by atoms with van der Waals surface area (Å²) >= 11 is 0. The number of nitro groups is 2. The molecule has 10 heteroatoms. The fraction of sp³-hybridized carbons (Fsp3) is 0.211. The molecule has 2 aromatic rings. The van der Waals surface area contributed by atoms with Crippen LogP contribution in [-0.4, -0.2) is 29.0 Å². The van der Waals surface area contributed by atoms with Gasteiger partial charge in [-0.2, -0.15) is 0 Å². The van der Waals surface area contributed by atoms with Crippen molar-refractivity contribution in [3.05, 3.63) is 79.9 Å². The van der Waals surface area contributed by atoms with Crippen molar-refractivity contribution in [1.29, 1.82) is 0 Å². The quantitative estimate of drug-likeness (QED) is 0.236. The Labute approximate surface area is 164 Å². The number of carbonyl (C=O) groups is 1. The molecule has 0 aromatic heterocycles. The number of esters is 1. The molecule has 0 unspecified atom stereocenters. The zero-order valence-corrected chi connectivity index (χ0v) is 15.1. The van der Waals surface area contributed by atoms with Crippen molar-refractivity contribution in [1.82, 2.24) is 0 Å². The summed E-state index contributed by atoms with van der Waals surface area (Å²) in [7, 11) is 0. The highest BCUT2D eigenvalue weighted by atomic mass is 16.7. The van der Waals surface area contributed by atoms with Gasteiger partial charge in [-0.25, -0.2) is 4.79 Å². The maximum absolute atomic E-state index is 12.0. The summed E-state index contributed by atoms with van der Waals surface area (Å²) in [6, 6.07) is 9.61. The number of hydrogen-bond donors (Lipinski definition) is 0. The first kappa shape index (κ1) is 20.1. The third-order valence-corrected chi connectivity index (χ3v) is 4.01. The van der Waals surface area contributed by atoms with Crippen molar-refractivity contribution in [2.75, 3.05) is 13.2 Å². The summed E-state index contributed by atoms with van der Waals surface area (Å²) in [6.45, 7) is 0.977. The smallest absolute Gasteiger partial charge is 0.336 e. The molecule has 0 amide bonds. The van der Waals surface area contributed by atoms with Crippen LogP contribution < -0.4 is 4.74 Å². The van der Waals surface area contributed by atoms with Gasteiger partial charge < -0.3 is 14.2 Å². The van der Waals surface area contributed by atoms with Crippen LogP contribution in [0, 0.1) is 20.2 Å². The summed E-state index contributed by atoms with van der Waals surface area (Å²) in [5.74, 6) is -1.04. The molecule has 10 nitrogen and oxygen atoms in total. The maximum atomic E-state index is 12.0. The molecule has 1 fully saturated rings. The molecule has 1 aliphatic rings. The minimum absolute atomic E-state index is 0.0774. The number of non-ortho nitro benzene ring substituents is 1. The molecular formula is C19H16N2O8.